The first kappa shape index (κ1) is 16.1. The number of benzene rings is 1. The third-order valence-corrected chi connectivity index (χ3v) is 4.74. The lowest BCUT2D eigenvalue weighted by Gasteiger charge is -2.37. The van der Waals surface area contributed by atoms with Gasteiger partial charge < -0.3 is 14.7 Å². The maximum absolute atomic E-state index is 12.4. The minimum atomic E-state index is -0.00147. The van der Waals surface area contributed by atoms with E-state index in [0.29, 0.717) is 13.1 Å². The number of anilines is 1. The molecule has 0 aromatic heterocycles. The molecule has 0 bridgehead atoms. The molecule has 23 heavy (non-hydrogen) atoms. The van der Waals surface area contributed by atoms with Crippen LogP contribution in [0.15, 0.2) is 24.3 Å². The van der Waals surface area contributed by atoms with E-state index in [9.17, 15) is 9.59 Å². The number of carbonyl (C=O) groups excluding carboxylic acids is 2. The third-order valence-electron chi connectivity index (χ3n) is 4.50. The number of nitrogens with zero attached hydrogens (tertiary/aromatic N) is 3. The van der Waals surface area contributed by atoms with E-state index in [1.807, 2.05) is 29.2 Å². The molecule has 2 amide bonds. The van der Waals surface area contributed by atoms with E-state index in [4.69, 9.17) is 11.6 Å². The molecule has 0 atom stereocenters. The summed E-state index contributed by atoms with van der Waals surface area (Å²) in [6.07, 6.45) is 2.05. The minimum Gasteiger partial charge on any atom is -0.368 e. The summed E-state index contributed by atoms with van der Waals surface area (Å²) >= 11 is 6.04. The molecular formula is C17H22ClN3O2. The molecule has 1 saturated heterocycles. The molecule has 6 heteroatoms. The van der Waals surface area contributed by atoms with Gasteiger partial charge in [-0.25, -0.2) is 0 Å². The van der Waals surface area contributed by atoms with Gasteiger partial charge in [0.2, 0.25) is 11.8 Å². The van der Waals surface area contributed by atoms with E-state index in [0.717, 1.165) is 36.6 Å². The number of halogens is 1. The Balaban J connectivity index is 1.54. The molecule has 2 fully saturated rings. The fourth-order valence-electron chi connectivity index (χ4n) is 3.02. The Bertz CT molecular complexity index is 595. The van der Waals surface area contributed by atoms with Gasteiger partial charge in [0.15, 0.2) is 0 Å². The summed E-state index contributed by atoms with van der Waals surface area (Å²) in [6.45, 7) is 4.70. The molecule has 1 heterocycles. The molecule has 0 N–H and O–H groups in total. The normalized spacial score (nSPS) is 18.0. The lowest BCUT2D eigenvalue weighted by Crippen LogP contribution is -2.52. The van der Waals surface area contributed by atoms with Crippen LogP contribution in [0.5, 0.6) is 0 Å². The van der Waals surface area contributed by atoms with Gasteiger partial charge in [-0.2, -0.15) is 0 Å². The molecule has 5 nitrogen and oxygen atoms in total. The maximum Gasteiger partial charge on any atom is 0.242 e. The van der Waals surface area contributed by atoms with Crippen molar-refractivity contribution in [3.8, 4) is 0 Å². The number of piperazine rings is 1. The van der Waals surface area contributed by atoms with Crippen molar-refractivity contribution < 1.29 is 9.59 Å². The summed E-state index contributed by atoms with van der Waals surface area (Å²) in [6, 6.07) is 8.07. The summed E-state index contributed by atoms with van der Waals surface area (Å²) < 4.78 is 0. The molecule has 0 spiro atoms. The van der Waals surface area contributed by atoms with Crippen LogP contribution in [0.3, 0.4) is 0 Å². The number of rotatable bonds is 4. The van der Waals surface area contributed by atoms with Crippen molar-refractivity contribution >= 4 is 29.1 Å². The largest absolute Gasteiger partial charge is 0.368 e. The second-order valence-electron chi connectivity index (χ2n) is 6.23. The summed E-state index contributed by atoms with van der Waals surface area (Å²) in [4.78, 5) is 29.9. The quantitative estimate of drug-likeness (QED) is 0.845. The van der Waals surface area contributed by atoms with Crippen LogP contribution in [-0.4, -0.2) is 60.4 Å². The molecule has 1 aromatic carbocycles. The highest BCUT2D eigenvalue weighted by Crippen LogP contribution is 2.27. The van der Waals surface area contributed by atoms with E-state index in [1.54, 1.807) is 11.8 Å². The van der Waals surface area contributed by atoms with E-state index in [-0.39, 0.29) is 24.4 Å². The van der Waals surface area contributed by atoms with Crippen molar-refractivity contribution in [3.05, 3.63) is 29.3 Å². The highest BCUT2D eigenvalue weighted by atomic mass is 35.5. The van der Waals surface area contributed by atoms with Gasteiger partial charge in [-0.05, 0) is 31.0 Å². The molecule has 2 aliphatic rings. The zero-order valence-corrected chi connectivity index (χ0v) is 14.1. The van der Waals surface area contributed by atoms with Gasteiger partial charge in [-0.3, -0.25) is 9.59 Å². The van der Waals surface area contributed by atoms with Gasteiger partial charge in [0.1, 0.15) is 0 Å². The SMILES string of the molecule is CC(=O)N(CC(=O)N1CCN(c2cccc(Cl)c2)CC1)C1CC1. The van der Waals surface area contributed by atoms with Crippen LogP contribution in [0.25, 0.3) is 0 Å². The van der Waals surface area contributed by atoms with E-state index < -0.39 is 0 Å². The standard InChI is InChI=1S/C17H22ClN3O2/c1-13(22)21(15-5-6-15)12-17(23)20-9-7-19(8-10-20)16-4-2-3-14(18)11-16/h2-4,11,15H,5-10,12H2,1H3. The lowest BCUT2D eigenvalue weighted by atomic mass is 10.2. The van der Waals surface area contributed by atoms with Crippen molar-refractivity contribution in [3.63, 3.8) is 0 Å². The van der Waals surface area contributed by atoms with Crippen molar-refractivity contribution in [2.45, 2.75) is 25.8 Å². The Kier molecular flexibility index (Phi) is 4.76. The predicted octanol–water partition coefficient (Wildman–Crippen LogP) is 2.00. The Hall–Kier alpha value is -1.75. The second kappa shape index (κ2) is 6.79. The molecule has 3 rings (SSSR count). The monoisotopic (exact) mass is 335 g/mol. The van der Waals surface area contributed by atoms with Gasteiger partial charge in [-0.1, -0.05) is 17.7 Å². The average molecular weight is 336 g/mol. The first-order valence-corrected chi connectivity index (χ1v) is 8.48. The maximum atomic E-state index is 12.4. The molecule has 1 aliphatic carbocycles. The summed E-state index contributed by atoms with van der Waals surface area (Å²) in [5.74, 6) is 0.0521. The van der Waals surface area contributed by atoms with Gasteiger partial charge in [0.05, 0.1) is 6.54 Å². The fraction of sp³-hybridized carbons (Fsp3) is 0.529. The molecular weight excluding hydrogens is 314 g/mol. The van der Waals surface area contributed by atoms with E-state index in [1.165, 1.54) is 0 Å². The Morgan fingerprint density at radius 2 is 1.91 bits per heavy atom. The summed E-state index contributed by atoms with van der Waals surface area (Å²) in [5, 5.41) is 0.725. The Morgan fingerprint density at radius 1 is 1.22 bits per heavy atom. The number of hydrogen-bond acceptors (Lipinski definition) is 3. The first-order valence-electron chi connectivity index (χ1n) is 8.10. The molecule has 0 unspecified atom stereocenters. The van der Waals surface area contributed by atoms with Gasteiger partial charge in [0, 0.05) is 49.9 Å². The topological polar surface area (TPSA) is 43.9 Å². The smallest absolute Gasteiger partial charge is 0.242 e. The Labute approximate surface area is 141 Å². The van der Waals surface area contributed by atoms with Crippen LogP contribution in [0.2, 0.25) is 5.02 Å². The first-order chi connectivity index (χ1) is 11.0. The Morgan fingerprint density at radius 3 is 2.48 bits per heavy atom. The van der Waals surface area contributed by atoms with Crippen LogP contribution in [0.1, 0.15) is 19.8 Å². The van der Waals surface area contributed by atoms with Crippen molar-refractivity contribution in [1.29, 1.82) is 0 Å². The zero-order valence-electron chi connectivity index (χ0n) is 13.4. The summed E-state index contributed by atoms with van der Waals surface area (Å²) in [7, 11) is 0. The highest BCUT2D eigenvalue weighted by Gasteiger charge is 2.33. The molecule has 1 aliphatic heterocycles. The van der Waals surface area contributed by atoms with Crippen LogP contribution < -0.4 is 4.90 Å². The molecule has 0 radical (unpaired) electrons. The molecule has 1 aromatic rings. The summed E-state index contributed by atoms with van der Waals surface area (Å²) in [5.41, 5.74) is 1.09. The average Bonchev–Trinajstić information content (AvgIpc) is 3.37. The van der Waals surface area contributed by atoms with Crippen LogP contribution in [0, 0.1) is 0 Å². The third kappa shape index (κ3) is 3.96. The zero-order chi connectivity index (χ0) is 16.4. The highest BCUT2D eigenvalue weighted by molar-refractivity contribution is 6.30. The second-order valence-corrected chi connectivity index (χ2v) is 6.66. The molecule has 124 valence electrons. The number of carbonyl (C=O) groups is 2. The van der Waals surface area contributed by atoms with Gasteiger partial charge in [0.25, 0.3) is 0 Å². The predicted molar refractivity (Wildman–Crippen MR) is 90.7 cm³/mol. The van der Waals surface area contributed by atoms with Crippen molar-refractivity contribution in [2.24, 2.45) is 0 Å². The van der Waals surface area contributed by atoms with Crippen LogP contribution in [-0.2, 0) is 9.59 Å². The lowest BCUT2D eigenvalue weighted by molar-refractivity contribution is -0.140. The van der Waals surface area contributed by atoms with E-state index in [2.05, 4.69) is 4.90 Å². The van der Waals surface area contributed by atoms with Gasteiger partial charge in [-0.15, -0.1) is 0 Å². The number of hydrogen-bond donors (Lipinski definition) is 0. The van der Waals surface area contributed by atoms with E-state index >= 15 is 0 Å². The van der Waals surface area contributed by atoms with Crippen LogP contribution in [0.4, 0.5) is 5.69 Å². The number of amides is 2. The minimum absolute atomic E-state index is 0.00147. The van der Waals surface area contributed by atoms with Crippen LogP contribution >= 0.6 is 11.6 Å². The molecule has 1 saturated carbocycles. The van der Waals surface area contributed by atoms with Gasteiger partial charge >= 0.3 is 0 Å². The van der Waals surface area contributed by atoms with Crippen molar-refractivity contribution in [1.82, 2.24) is 9.80 Å². The fourth-order valence-corrected chi connectivity index (χ4v) is 3.20. The van der Waals surface area contributed by atoms with Crippen molar-refractivity contribution in [2.75, 3.05) is 37.6 Å².